The van der Waals surface area contributed by atoms with E-state index in [2.05, 4.69) is 5.32 Å². The first-order valence-corrected chi connectivity index (χ1v) is 6.26. The van der Waals surface area contributed by atoms with E-state index in [0.29, 0.717) is 12.1 Å². The number of rotatable bonds is 3. The van der Waals surface area contributed by atoms with E-state index in [1.165, 1.54) is 0 Å². The molecule has 3 N–H and O–H groups in total. The molecular formula is C16H18N2O. The van der Waals surface area contributed by atoms with Crippen molar-refractivity contribution in [1.82, 2.24) is 0 Å². The molecule has 3 heteroatoms. The van der Waals surface area contributed by atoms with Crippen molar-refractivity contribution in [3.63, 3.8) is 0 Å². The summed E-state index contributed by atoms with van der Waals surface area (Å²) in [6, 6.07) is 13.5. The fourth-order valence-corrected chi connectivity index (χ4v) is 1.93. The first-order chi connectivity index (χ1) is 9.04. The highest BCUT2D eigenvalue weighted by Gasteiger charge is 2.05. The Morgan fingerprint density at radius 1 is 1.16 bits per heavy atom. The van der Waals surface area contributed by atoms with Gasteiger partial charge in [-0.05, 0) is 37.1 Å². The fourth-order valence-electron chi connectivity index (χ4n) is 1.93. The molecule has 0 saturated carbocycles. The smallest absolute Gasteiger partial charge is 0.228 e. The number of anilines is 2. The zero-order valence-corrected chi connectivity index (χ0v) is 11.2. The molecule has 0 fully saturated rings. The maximum absolute atomic E-state index is 11.9. The molecule has 0 aliphatic carbocycles. The van der Waals surface area contributed by atoms with Crippen molar-refractivity contribution in [1.29, 1.82) is 0 Å². The Morgan fingerprint density at radius 2 is 1.95 bits per heavy atom. The minimum Gasteiger partial charge on any atom is -0.398 e. The van der Waals surface area contributed by atoms with Crippen LogP contribution < -0.4 is 11.1 Å². The van der Waals surface area contributed by atoms with E-state index in [4.69, 9.17) is 5.73 Å². The molecule has 98 valence electrons. The minimum absolute atomic E-state index is 0.0335. The van der Waals surface area contributed by atoms with Gasteiger partial charge in [0.05, 0.1) is 6.42 Å². The van der Waals surface area contributed by atoms with Gasteiger partial charge in [-0.15, -0.1) is 0 Å². The quantitative estimate of drug-likeness (QED) is 0.827. The second-order valence-electron chi connectivity index (χ2n) is 4.79. The van der Waals surface area contributed by atoms with Gasteiger partial charge in [-0.25, -0.2) is 0 Å². The predicted molar refractivity (Wildman–Crippen MR) is 79.1 cm³/mol. The molecule has 2 rings (SSSR count). The topological polar surface area (TPSA) is 55.1 Å². The summed E-state index contributed by atoms with van der Waals surface area (Å²) < 4.78 is 0. The van der Waals surface area contributed by atoms with Crippen LogP contribution in [0.15, 0.2) is 42.5 Å². The third-order valence-electron chi connectivity index (χ3n) is 3.01. The van der Waals surface area contributed by atoms with Crippen LogP contribution in [0.2, 0.25) is 0 Å². The number of hydrogen-bond acceptors (Lipinski definition) is 2. The summed E-state index contributed by atoms with van der Waals surface area (Å²) in [5.74, 6) is -0.0335. The van der Waals surface area contributed by atoms with Crippen molar-refractivity contribution in [2.24, 2.45) is 0 Å². The molecule has 0 bridgehead atoms. The predicted octanol–water partition coefficient (Wildman–Crippen LogP) is 3.07. The zero-order chi connectivity index (χ0) is 13.8. The summed E-state index contributed by atoms with van der Waals surface area (Å²) in [4.78, 5) is 11.9. The lowest BCUT2D eigenvalue weighted by Crippen LogP contribution is -2.14. The summed E-state index contributed by atoms with van der Waals surface area (Å²) in [5, 5.41) is 2.86. The number of nitrogens with one attached hydrogen (secondary N) is 1. The largest absolute Gasteiger partial charge is 0.398 e. The maximum atomic E-state index is 11.9. The second-order valence-corrected chi connectivity index (χ2v) is 4.79. The van der Waals surface area contributed by atoms with Crippen LogP contribution in [0.3, 0.4) is 0 Å². The van der Waals surface area contributed by atoms with E-state index >= 15 is 0 Å². The SMILES string of the molecule is Cc1cccc(CC(=O)Nc2ccc(C)c(N)c2)c1. The normalized spacial score (nSPS) is 10.2. The molecule has 0 saturated heterocycles. The van der Waals surface area contributed by atoms with Gasteiger partial charge in [-0.3, -0.25) is 4.79 Å². The number of carbonyl (C=O) groups excluding carboxylic acids is 1. The molecule has 19 heavy (non-hydrogen) atoms. The van der Waals surface area contributed by atoms with Crippen molar-refractivity contribution in [3.05, 3.63) is 59.2 Å². The molecular weight excluding hydrogens is 236 g/mol. The Balaban J connectivity index is 2.03. The van der Waals surface area contributed by atoms with Crippen LogP contribution in [0.4, 0.5) is 11.4 Å². The van der Waals surface area contributed by atoms with Gasteiger partial charge < -0.3 is 11.1 Å². The van der Waals surface area contributed by atoms with Crippen LogP contribution in [0.1, 0.15) is 16.7 Å². The first-order valence-electron chi connectivity index (χ1n) is 6.26. The van der Waals surface area contributed by atoms with Crippen molar-refractivity contribution in [2.75, 3.05) is 11.1 Å². The summed E-state index contributed by atoms with van der Waals surface area (Å²) >= 11 is 0. The second kappa shape index (κ2) is 5.57. The van der Waals surface area contributed by atoms with Gasteiger partial charge in [-0.2, -0.15) is 0 Å². The Labute approximate surface area is 113 Å². The molecule has 0 heterocycles. The van der Waals surface area contributed by atoms with E-state index in [-0.39, 0.29) is 5.91 Å². The van der Waals surface area contributed by atoms with Gasteiger partial charge in [0.2, 0.25) is 5.91 Å². The van der Waals surface area contributed by atoms with Crippen molar-refractivity contribution in [3.8, 4) is 0 Å². The van der Waals surface area contributed by atoms with E-state index in [9.17, 15) is 4.79 Å². The Morgan fingerprint density at radius 3 is 2.63 bits per heavy atom. The monoisotopic (exact) mass is 254 g/mol. The lowest BCUT2D eigenvalue weighted by Gasteiger charge is -2.08. The third kappa shape index (κ3) is 3.58. The van der Waals surface area contributed by atoms with Crippen LogP contribution in [0.5, 0.6) is 0 Å². The number of benzene rings is 2. The highest BCUT2D eigenvalue weighted by Crippen LogP contribution is 2.17. The Bertz CT molecular complexity index is 605. The van der Waals surface area contributed by atoms with Crippen molar-refractivity contribution < 1.29 is 4.79 Å². The minimum atomic E-state index is -0.0335. The molecule has 2 aromatic carbocycles. The Hall–Kier alpha value is -2.29. The summed E-state index contributed by atoms with van der Waals surface area (Å²) in [6.07, 6.45) is 0.370. The number of carbonyl (C=O) groups is 1. The van der Waals surface area contributed by atoms with Crippen LogP contribution in [-0.4, -0.2) is 5.91 Å². The average Bonchev–Trinajstić information content (AvgIpc) is 2.34. The molecule has 0 spiro atoms. The molecule has 1 amide bonds. The molecule has 0 radical (unpaired) electrons. The van der Waals surface area contributed by atoms with E-state index in [1.54, 1.807) is 6.07 Å². The molecule has 2 aromatic rings. The lowest BCUT2D eigenvalue weighted by atomic mass is 10.1. The molecule has 0 aromatic heterocycles. The van der Waals surface area contributed by atoms with Gasteiger partial charge in [0.25, 0.3) is 0 Å². The first kappa shape index (κ1) is 13.1. The van der Waals surface area contributed by atoms with Crippen molar-refractivity contribution in [2.45, 2.75) is 20.3 Å². The fraction of sp³-hybridized carbons (Fsp3) is 0.188. The summed E-state index contributed by atoms with van der Waals surface area (Å²) in [6.45, 7) is 3.95. The van der Waals surface area contributed by atoms with Gasteiger partial charge >= 0.3 is 0 Å². The lowest BCUT2D eigenvalue weighted by molar-refractivity contribution is -0.115. The molecule has 0 atom stereocenters. The molecule has 0 aliphatic heterocycles. The maximum Gasteiger partial charge on any atom is 0.228 e. The van der Waals surface area contributed by atoms with E-state index in [0.717, 1.165) is 22.4 Å². The van der Waals surface area contributed by atoms with Gasteiger partial charge in [0.15, 0.2) is 0 Å². The standard InChI is InChI=1S/C16H18N2O/c1-11-4-3-5-13(8-11)9-16(19)18-14-7-6-12(2)15(17)10-14/h3-8,10H,9,17H2,1-2H3,(H,18,19). The average molecular weight is 254 g/mol. The number of aryl methyl sites for hydroxylation is 2. The highest BCUT2D eigenvalue weighted by molar-refractivity contribution is 5.92. The van der Waals surface area contributed by atoms with Crippen LogP contribution in [0.25, 0.3) is 0 Å². The number of nitrogens with two attached hydrogens (primary N) is 1. The number of amides is 1. The number of nitrogen functional groups attached to an aromatic ring is 1. The molecule has 0 aliphatic rings. The van der Waals surface area contributed by atoms with Gasteiger partial charge in [0.1, 0.15) is 0 Å². The summed E-state index contributed by atoms with van der Waals surface area (Å²) in [5.41, 5.74) is 10.4. The van der Waals surface area contributed by atoms with Crippen molar-refractivity contribution >= 4 is 17.3 Å². The van der Waals surface area contributed by atoms with Gasteiger partial charge in [-0.1, -0.05) is 35.9 Å². The Kier molecular flexibility index (Phi) is 3.85. The van der Waals surface area contributed by atoms with Crippen LogP contribution >= 0.6 is 0 Å². The highest BCUT2D eigenvalue weighted by atomic mass is 16.1. The molecule has 3 nitrogen and oxygen atoms in total. The van der Waals surface area contributed by atoms with Gasteiger partial charge in [0, 0.05) is 11.4 Å². The van der Waals surface area contributed by atoms with E-state index in [1.807, 2.05) is 50.2 Å². The van der Waals surface area contributed by atoms with E-state index < -0.39 is 0 Å². The van der Waals surface area contributed by atoms with Crippen LogP contribution in [0, 0.1) is 13.8 Å². The molecule has 0 unspecified atom stereocenters. The summed E-state index contributed by atoms with van der Waals surface area (Å²) in [7, 11) is 0. The van der Waals surface area contributed by atoms with Crippen LogP contribution in [-0.2, 0) is 11.2 Å². The third-order valence-corrected chi connectivity index (χ3v) is 3.01. The zero-order valence-electron chi connectivity index (χ0n) is 11.2. The number of hydrogen-bond donors (Lipinski definition) is 2.